The van der Waals surface area contributed by atoms with E-state index in [1.165, 1.54) is 23.5 Å². The van der Waals surface area contributed by atoms with Crippen molar-refractivity contribution in [3.63, 3.8) is 0 Å². The summed E-state index contributed by atoms with van der Waals surface area (Å²) in [6.45, 7) is 1.78. The smallest absolute Gasteiger partial charge is 0.291 e. The molecule has 6 nitrogen and oxygen atoms in total. The van der Waals surface area contributed by atoms with E-state index >= 15 is 0 Å². The van der Waals surface area contributed by atoms with E-state index in [0.717, 1.165) is 30.8 Å². The van der Waals surface area contributed by atoms with Gasteiger partial charge in [0.05, 0.1) is 10.6 Å². The van der Waals surface area contributed by atoms with Gasteiger partial charge in [-0.1, -0.05) is 6.07 Å². The summed E-state index contributed by atoms with van der Waals surface area (Å²) in [6, 6.07) is 9.94. The third-order valence-corrected chi connectivity index (χ3v) is 5.16. The molecule has 1 amide bonds. The number of benzene rings is 1. The maximum Gasteiger partial charge on any atom is 0.291 e. The molecule has 0 bridgehead atoms. The van der Waals surface area contributed by atoms with Crippen LogP contribution >= 0.6 is 23.7 Å². The molecule has 0 spiro atoms. The molecule has 27 heavy (non-hydrogen) atoms. The molecule has 0 atom stereocenters. The van der Waals surface area contributed by atoms with Crippen molar-refractivity contribution in [1.29, 1.82) is 0 Å². The van der Waals surface area contributed by atoms with Crippen LogP contribution in [-0.2, 0) is 0 Å². The van der Waals surface area contributed by atoms with Crippen LogP contribution < -0.4 is 10.6 Å². The Hall–Kier alpha value is -2.29. The summed E-state index contributed by atoms with van der Waals surface area (Å²) in [5, 5.41) is 12.6. The fourth-order valence-corrected chi connectivity index (χ4v) is 3.65. The van der Waals surface area contributed by atoms with Gasteiger partial charge in [-0.2, -0.15) is 0 Å². The van der Waals surface area contributed by atoms with E-state index in [1.54, 1.807) is 16.8 Å². The van der Waals surface area contributed by atoms with Crippen LogP contribution in [0.3, 0.4) is 0 Å². The highest BCUT2D eigenvalue weighted by Gasteiger charge is 2.22. The predicted octanol–water partition coefficient (Wildman–Crippen LogP) is 3.04. The Balaban J connectivity index is 0.00000210. The summed E-state index contributed by atoms with van der Waals surface area (Å²) in [4.78, 5) is 18.0. The number of carbonyl (C=O) groups excluding carboxylic acids is 1. The number of piperidine rings is 1. The lowest BCUT2D eigenvalue weighted by molar-refractivity contribution is 0.0919. The fraction of sp³-hybridized carbons (Fsp3) is 0.278. The standard InChI is InChI=1S/C18H18FN5OS.ClH/c19-12-3-5-14(6-4-12)24-17(15-2-1-11-26-15)22-16(23-24)18(25)21-13-7-9-20-10-8-13;/h1-6,11,13,20H,7-10H2,(H,21,25);1H. The second-order valence-corrected chi connectivity index (χ2v) is 7.07. The maximum atomic E-state index is 13.3. The molecule has 0 aliphatic carbocycles. The first-order valence-corrected chi connectivity index (χ1v) is 9.37. The summed E-state index contributed by atoms with van der Waals surface area (Å²) >= 11 is 1.51. The number of aromatic nitrogens is 3. The summed E-state index contributed by atoms with van der Waals surface area (Å²) < 4.78 is 14.8. The van der Waals surface area contributed by atoms with E-state index in [0.29, 0.717) is 11.5 Å². The highest BCUT2D eigenvalue weighted by atomic mass is 35.5. The number of hydrogen-bond acceptors (Lipinski definition) is 5. The number of hydrogen-bond donors (Lipinski definition) is 2. The number of amides is 1. The van der Waals surface area contributed by atoms with Crippen molar-refractivity contribution in [1.82, 2.24) is 25.4 Å². The molecular formula is C18H19ClFN5OS. The number of nitrogens with zero attached hydrogens (tertiary/aromatic N) is 3. The Labute approximate surface area is 166 Å². The fourth-order valence-electron chi connectivity index (χ4n) is 2.95. The molecule has 1 aliphatic heterocycles. The monoisotopic (exact) mass is 407 g/mol. The van der Waals surface area contributed by atoms with Crippen molar-refractivity contribution in [2.75, 3.05) is 13.1 Å². The van der Waals surface area contributed by atoms with Gasteiger partial charge in [0.25, 0.3) is 5.91 Å². The van der Waals surface area contributed by atoms with Crippen LogP contribution in [0.4, 0.5) is 4.39 Å². The molecule has 2 N–H and O–H groups in total. The van der Waals surface area contributed by atoms with Crippen LogP contribution in [0.5, 0.6) is 0 Å². The van der Waals surface area contributed by atoms with Gasteiger partial charge in [0.15, 0.2) is 5.82 Å². The first kappa shape index (κ1) is 19.5. The first-order chi connectivity index (χ1) is 12.7. The summed E-state index contributed by atoms with van der Waals surface area (Å²) in [5.41, 5.74) is 0.656. The second kappa shape index (κ2) is 8.60. The minimum absolute atomic E-state index is 0. The molecule has 3 aromatic rings. The zero-order valence-electron chi connectivity index (χ0n) is 14.4. The summed E-state index contributed by atoms with van der Waals surface area (Å²) in [6.07, 6.45) is 1.78. The normalized spacial score (nSPS) is 14.6. The lowest BCUT2D eigenvalue weighted by Crippen LogP contribution is -2.43. The average molecular weight is 408 g/mol. The largest absolute Gasteiger partial charge is 0.346 e. The first-order valence-electron chi connectivity index (χ1n) is 8.49. The van der Waals surface area contributed by atoms with Gasteiger partial charge in [-0.3, -0.25) is 4.79 Å². The minimum atomic E-state index is -0.324. The van der Waals surface area contributed by atoms with Crippen LogP contribution in [0.15, 0.2) is 41.8 Å². The Kier molecular flexibility index (Phi) is 6.20. The molecule has 2 aromatic heterocycles. The lowest BCUT2D eigenvalue weighted by atomic mass is 10.1. The van der Waals surface area contributed by atoms with Crippen LogP contribution in [0.25, 0.3) is 16.4 Å². The molecule has 1 fully saturated rings. The Morgan fingerprint density at radius 1 is 1.22 bits per heavy atom. The second-order valence-electron chi connectivity index (χ2n) is 6.12. The van der Waals surface area contributed by atoms with Crippen LogP contribution in [0.2, 0.25) is 0 Å². The Bertz CT molecular complexity index is 891. The maximum absolute atomic E-state index is 13.3. The Morgan fingerprint density at radius 3 is 2.63 bits per heavy atom. The predicted molar refractivity (Wildman–Crippen MR) is 105 cm³/mol. The van der Waals surface area contributed by atoms with E-state index in [1.807, 2.05) is 17.5 Å². The SMILES string of the molecule is Cl.O=C(NC1CCNCC1)c1nc(-c2cccs2)n(-c2ccc(F)cc2)n1. The molecule has 1 aromatic carbocycles. The van der Waals surface area contributed by atoms with Crippen molar-refractivity contribution in [2.45, 2.75) is 18.9 Å². The van der Waals surface area contributed by atoms with Crippen LogP contribution in [0.1, 0.15) is 23.5 Å². The van der Waals surface area contributed by atoms with E-state index in [2.05, 4.69) is 20.7 Å². The number of carbonyl (C=O) groups is 1. The molecule has 0 unspecified atom stereocenters. The van der Waals surface area contributed by atoms with Crippen molar-refractivity contribution in [3.8, 4) is 16.4 Å². The highest BCUT2D eigenvalue weighted by molar-refractivity contribution is 7.13. The molecule has 0 saturated carbocycles. The summed E-state index contributed by atoms with van der Waals surface area (Å²) in [7, 11) is 0. The van der Waals surface area contributed by atoms with Crippen LogP contribution in [0, 0.1) is 5.82 Å². The highest BCUT2D eigenvalue weighted by Crippen LogP contribution is 2.25. The topological polar surface area (TPSA) is 71.8 Å². The molecule has 9 heteroatoms. The van der Waals surface area contributed by atoms with Crippen molar-refractivity contribution in [2.24, 2.45) is 0 Å². The number of thiophene rings is 1. The minimum Gasteiger partial charge on any atom is -0.346 e. The molecule has 1 saturated heterocycles. The number of rotatable bonds is 4. The van der Waals surface area contributed by atoms with E-state index in [-0.39, 0.29) is 36.0 Å². The van der Waals surface area contributed by atoms with Gasteiger partial charge in [0.1, 0.15) is 5.82 Å². The van der Waals surface area contributed by atoms with Crippen LogP contribution in [-0.4, -0.2) is 39.8 Å². The summed E-state index contributed by atoms with van der Waals surface area (Å²) in [5.74, 6) is 0.0873. The van der Waals surface area contributed by atoms with Gasteiger partial charge in [0, 0.05) is 6.04 Å². The molecule has 0 radical (unpaired) electrons. The molecular weight excluding hydrogens is 389 g/mol. The van der Waals surface area contributed by atoms with Gasteiger partial charge in [0.2, 0.25) is 5.82 Å². The Morgan fingerprint density at radius 2 is 1.96 bits per heavy atom. The van der Waals surface area contributed by atoms with Gasteiger partial charge >= 0.3 is 0 Å². The third-order valence-electron chi connectivity index (χ3n) is 4.30. The van der Waals surface area contributed by atoms with Gasteiger partial charge in [-0.25, -0.2) is 14.1 Å². The van der Waals surface area contributed by atoms with E-state index in [4.69, 9.17) is 0 Å². The molecule has 4 rings (SSSR count). The zero-order valence-corrected chi connectivity index (χ0v) is 16.0. The number of nitrogens with one attached hydrogen (secondary N) is 2. The van der Waals surface area contributed by atoms with Crippen molar-refractivity contribution >= 4 is 29.7 Å². The van der Waals surface area contributed by atoms with E-state index < -0.39 is 0 Å². The van der Waals surface area contributed by atoms with Gasteiger partial charge < -0.3 is 10.6 Å². The van der Waals surface area contributed by atoms with E-state index in [9.17, 15) is 9.18 Å². The van der Waals surface area contributed by atoms with Crippen molar-refractivity contribution in [3.05, 3.63) is 53.4 Å². The quantitative estimate of drug-likeness (QED) is 0.697. The number of halogens is 2. The molecule has 142 valence electrons. The average Bonchev–Trinajstić information content (AvgIpc) is 3.33. The lowest BCUT2D eigenvalue weighted by Gasteiger charge is -2.22. The van der Waals surface area contributed by atoms with Gasteiger partial charge in [-0.15, -0.1) is 28.8 Å². The zero-order chi connectivity index (χ0) is 17.9. The third kappa shape index (κ3) is 4.35. The van der Waals surface area contributed by atoms with Gasteiger partial charge in [-0.05, 0) is 61.6 Å². The van der Waals surface area contributed by atoms with Crippen molar-refractivity contribution < 1.29 is 9.18 Å². The molecule has 1 aliphatic rings. The molecule has 3 heterocycles.